The van der Waals surface area contributed by atoms with Crippen molar-refractivity contribution < 1.29 is 22.7 Å². The number of hydrogen-bond donors (Lipinski definition) is 1. The van der Waals surface area contributed by atoms with Crippen molar-refractivity contribution in [2.45, 2.75) is 44.4 Å². The third-order valence-corrected chi connectivity index (χ3v) is 7.03. The van der Waals surface area contributed by atoms with Gasteiger partial charge in [-0.1, -0.05) is 18.2 Å². The summed E-state index contributed by atoms with van der Waals surface area (Å²) in [5.74, 6) is 0.923. The summed E-state index contributed by atoms with van der Waals surface area (Å²) in [5, 5.41) is 2.79. The summed E-state index contributed by atoms with van der Waals surface area (Å²) in [7, 11) is -3.67. The van der Waals surface area contributed by atoms with Gasteiger partial charge in [-0.15, -0.1) is 0 Å². The monoisotopic (exact) mass is 446 g/mol. The van der Waals surface area contributed by atoms with Crippen molar-refractivity contribution in [3.8, 4) is 11.5 Å². The lowest BCUT2D eigenvalue weighted by molar-refractivity contribution is -0.116. The van der Waals surface area contributed by atoms with Crippen LogP contribution in [0.4, 0.5) is 5.69 Å². The molecule has 0 radical (unpaired) electrons. The summed E-state index contributed by atoms with van der Waals surface area (Å²) in [6.07, 6.45) is 2.53. The molecule has 1 N–H and O–H groups in total. The molecule has 1 aliphatic rings. The van der Waals surface area contributed by atoms with E-state index in [4.69, 9.17) is 9.47 Å². The zero-order valence-corrected chi connectivity index (χ0v) is 18.9. The van der Waals surface area contributed by atoms with E-state index in [1.54, 1.807) is 19.1 Å². The Labute approximate surface area is 184 Å². The predicted octanol–water partition coefficient (Wildman–Crippen LogP) is 3.98. The normalized spacial score (nSPS) is 14.4. The maximum Gasteiger partial charge on any atom is 0.246 e. The summed E-state index contributed by atoms with van der Waals surface area (Å²) in [4.78, 5) is 12.5. The van der Waals surface area contributed by atoms with Crippen LogP contribution in [-0.2, 0) is 14.8 Å². The van der Waals surface area contributed by atoms with Crippen LogP contribution in [0.25, 0.3) is 0 Å². The van der Waals surface area contributed by atoms with Crippen molar-refractivity contribution in [3.05, 3.63) is 48.0 Å². The Morgan fingerprint density at radius 3 is 2.52 bits per heavy atom. The lowest BCUT2D eigenvalue weighted by atomic mass is 10.2. The summed E-state index contributed by atoms with van der Waals surface area (Å²) >= 11 is 0. The molecule has 7 nitrogen and oxygen atoms in total. The third-order valence-electron chi connectivity index (χ3n) is 5.11. The summed E-state index contributed by atoms with van der Waals surface area (Å²) < 4.78 is 38.8. The van der Waals surface area contributed by atoms with Gasteiger partial charge >= 0.3 is 0 Å². The summed E-state index contributed by atoms with van der Waals surface area (Å²) in [6, 6.07) is 12.5. The van der Waals surface area contributed by atoms with Crippen molar-refractivity contribution in [1.29, 1.82) is 0 Å². The minimum atomic E-state index is -3.67. The molecule has 0 saturated carbocycles. The number of aryl methyl sites for hydroxylation is 1. The van der Waals surface area contributed by atoms with Crippen molar-refractivity contribution in [2.75, 3.05) is 31.6 Å². The number of sulfonamides is 1. The van der Waals surface area contributed by atoms with Gasteiger partial charge in [0.2, 0.25) is 15.9 Å². The maximum atomic E-state index is 13.1. The Balaban J connectivity index is 1.61. The minimum Gasteiger partial charge on any atom is -0.493 e. The highest BCUT2D eigenvalue weighted by molar-refractivity contribution is 7.89. The van der Waals surface area contributed by atoms with Gasteiger partial charge in [-0.25, -0.2) is 8.42 Å². The molecule has 1 heterocycles. The van der Waals surface area contributed by atoms with Crippen LogP contribution in [0.5, 0.6) is 11.5 Å². The van der Waals surface area contributed by atoms with E-state index >= 15 is 0 Å². The Kier molecular flexibility index (Phi) is 7.92. The SMILES string of the molecule is CCOc1ccc(NC(=O)CCCOc2ccccc2C)cc1S(=O)(=O)N1CCCC1. The van der Waals surface area contributed by atoms with Gasteiger partial charge in [-0.05, 0) is 62.9 Å². The van der Waals surface area contributed by atoms with Crippen LogP contribution >= 0.6 is 0 Å². The van der Waals surface area contributed by atoms with E-state index in [0.29, 0.717) is 44.2 Å². The first-order valence-corrected chi connectivity index (χ1v) is 12.1. The highest BCUT2D eigenvalue weighted by Crippen LogP contribution is 2.31. The highest BCUT2D eigenvalue weighted by atomic mass is 32.2. The van der Waals surface area contributed by atoms with E-state index in [9.17, 15) is 13.2 Å². The predicted molar refractivity (Wildman–Crippen MR) is 120 cm³/mol. The number of amides is 1. The quantitative estimate of drug-likeness (QED) is 0.558. The number of anilines is 1. The molecule has 0 aliphatic carbocycles. The molecular weight excluding hydrogens is 416 g/mol. The first kappa shape index (κ1) is 23.1. The molecule has 0 unspecified atom stereocenters. The highest BCUT2D eigenvalue weighted by Gasteiger charge is 2.30. The van der Waals surface area contributed by atoms with Crippen molar-refractivity contribution in [1.82, 2.24) is 4.31 Å². The van der Waals surface area contributed by atoms with Gasteiger partial charge in [0, 0.05) is 25.2 Å². The number of benzene rings is 2. The fourth-order valence-electron chi connectivity index (χ4n) is 3.49. The van der Waals surface area contributed by atoms with Crippen molar-refractivity contribution in [3.63, 3.8) is 0 Å². The van der Waals surface area contributed by atoms with Gasteiger partial charge < -0.3 is 14.8 Å². The van der Waals surface area contributed by atoms with Gasteiger partial charge in [0.1, 0.15) is 16.4 Å². The van der Waals surface area contributed by atoms with E-state index < -0.39 is 10.0 Å². The van der Waals surface area contributed by atoms with E-state index in [0.717, 1.165) is 24.2 Å². The van der Waals surface area contributed by atoms with Crippen LogP contribution in [0.15, 0.2) is 47.4 Å². The second-order valence-corrected chi connectivity index (χ2v) is 9.38. The molecule has 0 atom stereocenters. The number of carbonyl (C=O) groups excluding carboxylic acids is 1. The summed E-state index contributed by atoms with van der Waals surface area (Å²) in [6.45, 7) is 5.57. The van der Waals surface area contributed by atoms with E-state index in [2.05, 4.69) is 5.32 Å². The van der Waals surface area contributed by atoms with Crippen LogP contribution in [0.1, 0.15) is 38.2 Å². The third kappa shape index (κ3) is 5.98. The van der Waals surface area contributed by atoms with Gasteiger partial charge in [0.15, 0.2) is 0 Å². The van der Waals surface area contributed by atoms with Crippen LogP contribution in [0, 0.1) is 6.92 Å². The number of hydrogen-bond acceptors (Lipinski definition) is 5. The first-order valence-electron chi connectivity index (χ1n) is 10.7. The Bertz CT molecular complexity index is 1000. The van der Waals surface area contributed by atoms with Gasteiger partial charge in [0.05, 0.1) is 13.2 Å². The molecule has 8 heteroatoms. The smallest absolute Gasteiger partial charge is 0.246 e. The second-order valence-electron chi connectivity index (χ2n) is 7.47. The first-order chi connectivity index (χ1) is 14.9. The lowest BCUT2D eigenvalue weighted by Crippen LogP contribution is -2.28. The fourth-order valence-corrected chi connectivity index (χ4v) is 5.16. The molecule has 0 bridgehead atoms. The standard InChI is InChI=1S/C23H30N2O5S/c1-3-29-21-13-12-19(17-22(21)31(27,28)25-14-6-7-15-25)24-23(26)11-8-16-30-20-10-5-4-9-18(20)2/h4-5,9-10,12-13,17H,3,6-8,11,14-16H2,1-2H3,(H,24,26). The second kappa shape index (κ2) is 10.6. The zero-order valence-electron chi connectivity index (χ0n) is 18.1. The van der Waals surface area contributed by atoms with E-state index in [1.165, 1.54) is 10.4 Å². The lowest BCUT2D eigenvalue weighted by Gasteiger charge is -2.19. The zero-order chi connectivity index (χ0) is 22.3. The molecule has 2 aromatic carbocycles. The van der Waals surface area contributed by atoms with E-state index in [-0.39, 0.29) is 17.2 Å². The molecule has 1 fully saturated rings. The number of nitrogens with zero attached hydrogens (tertiary/aromatic N) is 1. The van der Waals surface area contributed by atoms with E-state index in [1.807, 2.05) is 31.2 Å². The van der Waals surface area contributed by atoms with Crippen LogP contribution < -0.4 is 14.8 Å². The molecule has 1 aliphatic heterocycles. The van der Waals surface area contributed by atoms with Gasteiger partial charge in [-0.2, -0.15) is 4.31 Å². The average molecular weight is 447 g/mol. The number of rotatable bonds is 10. The Hall–Kier alpha value is -2.58. The Morgan fingerprint density at radius 1 is 1.06 bits per heavy atom. The number of ether oxygens (including phenoxy) is 2. The topological polar surface area (TPSA) is 84.9 Å². The summed E-state index contributed by atoms with van der Waals surface area (Å²) in [5.41, 5.74) is 1.49. The average Bonchev–Trinajstić information content (AvgIpc) is 3.29. The number of carbonyl (C=O) groups is 1. The largest absolute Gasteiger partial charge is 0.493 e. The molecular formula is C23H30N2O5S. The molecule has 0 aromatic heterocycles. The van der Waals surface area contributed by atoms with Crippen molar-refractivity contribution >= 4 is 21.6 Å². The molecule has 0 spiro atoms. The molecule has 3 rings (SSSR count). The molecule has 31 heavy (non-hydrogen) atoms. The Morgan fingerprint density at radius 2 is 1.81 bits per heavy atom. The van der Waals surface area contributed by atoms with Crippen LogP contribution in [0.2, 0.25) is 0 Å². The van der Waals surface area contributed by atoms with Crippen LogP contribution in [0.3, 0.4) is 0 Å². The molecule has 168 valence electrons. The molecule has 2 aromatic rings. The number of para-hydroxylation sites is 1. The van der Waals surface area contributed by atoms with Gasteiger partial charge in [0.25, 0.3) is 0 Å². The molecule has 1 amide bonds. The maximum absolute atomic E-state index is 13.1. The van der Waals surface area contributed by atoms with Crippen LogP contribution in [-0.4, -0.2) is 44.9 Å². The number of nitrogens with one attached hydrogen (secondary N) is 1. The van der Waals surface area contributed by atoms with Crippen molar-refractivity contribution in [2.24, 2.45) is 0 Å². The fraction of sp³-hybridized carbons (Fsp3) is 0.435. The minimum absolute atomic E-state index is 0.0944. The van der Waals surface area contributed by atoms with Gasteiger partial charge in [-0.3, -0.25) is 4.79 Å². The molecule has 1 saturated heterocycles.